The molecule has 2 unspecified atom stereocenters. The summed E-state index contributed by atoms with van der Waals surface area (Å²) in [4.78, 5) is 42.8. The molecule has 0 saturated carbocycles. The zero-order chi connectivity index (χ0) is 30.8. The molecule has 0 aliphatic carbocycles. The van der Waals surface area contributed by atoms with Crippen molar-refractivity contribution < 1.29 is 23.1 Å². The van der Waals surface area contributed by atoms with Crippen LogP contribution in [-0.4, -0.2) is 67.4 Å². The Morgan fingerprint density at radius 2 is 1.95 bits per heavy atom. The van der Waals surface area contributed by atoms with E-state index in [1.807, 2.05) is 60.2 Å². The van der Waals surface area contributed by atoms with E-state index in [2.05, 4.69) is 25.7 Å². The highest BCUT2D eigenvalue weighted by molar-refractivity contribution is 7.89. The molecule has 0 spiro atoms. The number of nitrogens with zero attached hydrogens (tertiary/aromatic N) is 2. The summed E-state index contributed by atoms with van der Waals surface area (Å²) in [6.45, 7) is 3.11. The molecule has 0 saturated heterocycles. The van der Waals surface area contributed by atoms with Crippen LogP contribution < -0.4 is 26.1 Å². The highest BCUT2D eigenvalue weighted by atomic mass is 32.2. The Kier molecular flexibility index (Phi) is 11.2. The van der Waals surface area contributed by atoms with Crippen LogP contribution >= 0.6 is 0 Å². The van der Waals surface area contributed by atoms with Crippen molar-refractivity contribution in [3.8, 4) is 0 Å². The lowest BCUT2D eigenvalue weighted by Gasteiger charge is -2.20. The molecule has 2 atom stereocenters. The van der Waals surface area contributed by atoms with Crippen molar-refractivity contribution in [2.75, 3.05) is 18.8 Å². The first kappa shape index (κ1) is 32.0. The largest absolute Gasteiger partial charge is 0.480 e. The number of pyridine rings is 1. The van der Waals surface area contributed by atoms with E-state index in [0.29, 0.717) is 43.3 Å². The minimum Gasteiger partial charge on any atom is -0.480 e. The van der Waals surface area contributed by atoms with Gasteiger partial charge >= 0.3 is 5.97 Å². The van der Waals surface area contributed by atoms with Gasteiger partial charge in [0.1, 0.15) is 11.6 Å². The minimum atomic E-state index is -3.86. The van der Waals surface area contributed by atoms with E-state index in [0.717, 1.165) is 24.1 Å². The third-order valence-corrected chi connectivity index (χ3v) is 8.56. The summed E-state index contributed by atoms with van der Waals surface area (Å²) in [5.41, 5.74) is 2.00. The first-order valence-corrected chi connectivity index (χ1v) is 16.0. The zero-order valence-corrected chi connectivity index (χ0v) is 24.9. The summed E-state index contributed by atoms with van der Waals surface area (Å²) in [6, 6.07) is 13.6. The number of carboxylic acids is 1. The third kappa shape index (κ3) is 9.04. The summed E-state index contributed by atoms with van der Waals surface area (Å²) >= 11 is 0. The average molecular weight is 611 g/mol. The van der Waals surface area contributed by atoms with Gasteiger partial charge in [-0.2, -0.15) is 4.72 Å². The SMILES string of the molecule is CCCCS(=O)(=O)NC(CNC(=O)c1cn(CCc2ccccc2)c2cc(CNC3N=CCCN3)ccc2c1=O)C(=O)O. The van der Waals surface area contributed by atoms with Crippen molar-refractivity contribution in [1.29, 1.82) is 0 Å². The standard InChI is InChI=1S/C30H38N6O6S/c1-2-3-16-43(41,42)35-25(29(39)40)19-33-28(38)24-20-36(15-12-21-8-5-4-6-9-21)26-17-22(10-11-23(26)27(24)37)18-34-30-31-13-7-14-32-30/h4-6,8-11,13,17,20,25,30,32,34-35H,2-3,7,12,14-16,18-19H2,1H3,(H,33,38)(H,39,40). The number of hydrogen-bond donors (Lipinski definition) is 5. The molecule has 1 amide bonds. The molecule has 1 aliphatic rings. The van der Waals surface area contributed by atoms with Crippen LogP contribution in [0.4, 0.5) is 0 Å². The summed E-state index contributed by atoms with van der Waals surface area (Å²) in [6.07, 6.45) is 5.68. The maximum absolute atomic E-state index is 13.5. The van der Waals surface area contributed by atoms with E-state index >= 15 is 0 Å². The molecule has 2 heterocycles. The molecular formula is C30H38N6O6S. The van der Waals surface area contributed by atoms with Crippen molar-refractivity contribution in [2.45, 2.75) is 58.0 Å². The number of carbonyl (C=O) groups is 2. The second-order valence-electron chi connectivity index (χ2n) is 10.4. The quantitative estimate of drug-likeness (QED) is 0.173. The van der Waals surface area contributed by atoms with Crippen LogP contribution in [0.15, 0.2) is 64.5 Å². The number of sulfonamides is 1. The van der Waals surface area contributed by atoms with Crippen molar-refractivity contribution in [3.05, 3.63) is 81.6 Å². The van der Waals surface area contributed by atoms with Crippen molar-refractivity contribution >= 4 is 39.0 Å². The normalized spacial score (nSPS) is 15.8. The maximum atomic E-state index is 13.5. The molecule has 43 heavy (non-hydrogen) atoms. The first-order chi connectivity index (χ1) is 20.7. The molecule has 5 N–H and O–H groups in total. The fourth-order valence-corrected chi connectivity index (χ4v) is 6.13. The Morgan fingerprint density at radius 3 is 2.65 bits per heavy atom. The van der Waals surface area contributed by atoms with Crippen molar-refractivity contribution in [2.24, 2.45) is 4.99 Å². The van der Waals surface area contributed by atoms with Crippen molar-refractivity contribution in [1.82, 2.24) is 25.2 Å². The number of aryl methyl sites for hydroxylation is 2. The Morgan fingerprint density at radius 1 is 1.16 bits per heavy atom. The summed E-state index contributed by atoms with van der Waals surface area (Å²) < 4.78 is 28.5. The number of unbranched alkanes of at least 4 members (excludes halogenated alkanes) is 1. The molecule has 1 aliphatic heterocycles. The average Bonchev–Trinajstić information content (AvgIpc) is 3.01. The number of aromatic nitrogens is 1. The van der Waals surface area contributed by atoms with E-state index in [1.54, 1.807) is 6.07 Å². The number of carboxylic acid groups (broad SMARTS) is 1. The molecule has 4 rings (SSSR count). The predicted molar refractivity (Wildman–Crippen MR) is 166 cm³/mol. The third-order valence-electron chi connectivity index (χ3n) is 7.09. The van der Waals surface area contributed by atoms with E-state index in [9.17, 15) is 27.9 Å². The summed E-state index contributed by atoms with van der Waals surface area (Å²) in [7, 11) is -3.86. The Bertz CT molecular complexity index is 1620. The van der Waals surface area contributed by atoms with E-state index < -0.39 is 39.9 Å². The van der Waals surface area contributed by atoms with Crippen LogP contribution in [-0.2, 0) is 34.3 Å². The van der Waals surface area contributed by atoms with Crippen LogP contribution in [0.2, 0.25) is 0 Å². The Balaban J connectivity index is 1.59. The zero-order valence-electron chi connectivity index (χ0n) is 24.1. The van der Waals surface area contributed by atoms with Crippen LogP contribution in [0.3, 0.4) is 0 Å². The summed E-state index contributed by atoms with van der Waals surface area (Å²) in [5, 5.41) is 18.9. The number of rotatable bonds is 15. The first-order valence-electron chi connectivity index (χ1n) is 14.4. The molecule has 0 radical (unpaired) electrons. The van der Waals surface area contributed by atoms with E-state index in [4.69, 9.17) is 0 Å². The molecular weight excluding hydrogens is 572 g/mol. The number of aliphatic imine (C=N–C) groups is 1. The smallest absolute Gasteiger partial charge is 0.323 e. The lowest BCUT2D eigenvalue weighted by atomic mass is 10.1. The van der Waals surface area contributed by atoms with Gasteiger partial charge in [-0.1, -0.05) is 49.7 Å². The van der Waals surface area contributed by atoms with Gasteiger partial charge in [-0.25, -0.2) is 8.42 Å². The minimum absolute atomic E-state index is 0.162. The number of carbonyl (C=O) groups excluding carboxylic acids is 1. The number of hydrogen-bond acceptors (Lipinski definition) is 8. The lowest BCUT2D eigenvalue weighted by molar-refractivity contribution is -0.138. The van der Waals surface area contributed by atoms with Gasteiger partial charge in [-0.05, 0) is 42.5 Å². The molecule has 230 valence electrons. The van der Waals surface area contributed by atoms with Crippen LogP contribution in [0, 0.1) is 0 Å². The van der Waals surface area contributed by atoms with Gasteiger partial charge in [0.15, 0.2) is 6.29 Å². The number of benzene rings is 2. The fraction of sp³-hybridized carbons (Fsp3) is 0.400. The van der Waals surface area contributed by atoms with Gasteiger partial charge < -0.3 is 15.0 Å². The highest BCUT2D eigenvalue weighted by Gasteiger charge is 2.25. The number of aliphatic carboxylic acids is 1. The molecule has 13 heteroatoms. The topological polar surface area (TPSA) is 171 Å². The van der Waals surface area contributed by atoms with E-state index in [-0.39, 0.29) is 17.6 Å². The molecule has 0 bridgehead atoms. The lowest BCUT2D eigenvalue weighted by Crippen LogP contribution is -2.49. The molecule has 12 nitrogen and oxygen atoms in total. The summed E-state index contributed by atoms with van der Waals surface area (Å²) in [5.74, 6) is -2.44. The second-order valence-corrected chi connectivity index (χ2v) is 12.3. The molecule has 1 aromatic heterocycles. The predicted octanol–water partition coefficient (Wildman–Crippen LogP) is 1.58. The van der Waals surface area contributed by atoms with Gasteiger partial charge in [0.2, 0.25) is 15.5 Å². The van der Waals surface area contributed by atoms with Crippen LogP contribution in [0.1, 0.15) is 47.7 Å². The Labute approximate surface area is 250 Å². The number of fused-ring (bicyclic) bond motifs is 1. The Hall–Kier alpha value is -3.91. The van der Waals surface area contributed by atoms with Gasteiger partial charge in [-0.3, -0.25) is 30.0 Å². The number of amides is 1. The molecule has 0 fully saturated rings. The van der Waals surface area contributed by atoms with Gasteiger partial charge in [0.05, 0.1) is 11.3 Å². The molecule has 2 aromatic carbocycles. The monoisotopic (exact) mass is 610 g/mol. The van der Waals surface area contributed by atoms with Crippen molar-refractivity contribution in [3.63, 3.8) is 0 Å². The van der Waals surface area contributed by atoms with Gasteiger partial charge in [0.25, 0.3) is 5.91 Å². The number of nitrogens with one attached hydrogen (secondary N) is 4. The van der Waals surface area contributed by atoms with E-state index in [1.165, 1.54) is 6.20 Å². The van der Waals surface area contributed by atoms with Crippen LogP contribution in [0.25, 0.3) is 10.9 Å². The van der Waals surface area contributed by atoms with Gasteiger partial charge in [-0.15, -0.1) is 0 Å². The highest BCUT2D eigenvalue weighted by Crippen LogP contribution is 2.17. The van der Waals surface area contributed by atoms with Crippen LogP contribution in [0.5, 0.6) is 0 Å². The molecule has 3 aromatic rings. The maximum Gasteiger partial charge on any atom is 0.323 e. The van der Waals surface area contributed by atoms with Gasteiger partial charge in [0, 0.05) is 44.0 Å². The fourth-order valence-electron chi connectivity index (χ4n) is 4.72. The second kappa shape index (κ2) is 15.0.